The maximum absolute atomic E-state index is 5.96. The lowest BCUT2D eigenvalue weighted by atomic mass is 10.3. The van der Waals surface area contributed by atoms with Crippen LogP contribution in [0.5, 0.6) is 5.75 Å². The molecule has 0 amide bonds. The van der Waals surface area contributed by atoms with E-state index in [1.807, 2.05) is 24.3 Å². The number of guanidine groups is 1. The molecule has 6 heteroatoms. The number of aliphatic imine (C=N–C) groups is 1. The van der Waals surface area contributed by atoms with Gasteiger partial charge in [-0.2, -0.15) is 0 Å². The average Bonchev–Trinajstić information content (AvgIpc) is 3.10. The molecule has 2 aromatic rings. The topological polar surface area (TPSA) is 59.6 Å². The SMILES string of the molecule is COc1ccc(NC(N)=N[C@@H]2C[C@H]2c2ccc(Br)s2)cc1. The standard InChI is InChI=1S/C15H16BrN3OS/c1-20-10-4-2-9(3-5-10)18-15(17)19-12-8-11(12)13-6-7-14(16)21-13/h2-7,11-12H,8H2,1H3,(H3,17,18,19)/t11-,12-/m1/s1. The van der Waals surface area contributed by atoms with Crippen LogP contribution in [-0.2, 0) is 0 Å². The molecule has 1 fully saturated rings. The van der Waals surface area contributed by atoms with Gasteiger partial charge in [0.2, 0.25) is 0 Å². The van der Waals surface area contributed by atoms with E-state index in [4.69, 9.17) is 10.5 Å². The molecule has 0 radical (unpaired) electrons. The van der Waals surface area contributed by atoms with Gasteiger partial charge in [-0.25, -0.2) is 4.99 Å². The predicted molar refractivity (Wildman–Crippen MR) is 91.4 cm³/mol. The fraction of sp³-hybridized carbons (Fsp3) is 0.267. The molecule has 0 bridgehead atoms. The van der Waals surface area contributed by atoms with Crippen molar-refractivity contribution in [2.45, 2.75) is 18.4 Å². The highest BCUT2D eigenvalue weighted by molar-refractivity contribution is 9.11. The summed E-state index contributed by atoms with van der Waals surface area (Å²) in [6.07, 6.45) is 1.07. The lowest BCUT2D eigenvalue weighted by Gasteiger charge is -2.06. The Bertz CT molecular complexity index is 653. The van der Waals surface area contributed by atoms with Gasteiger partial charge in [0.1, 0.15) is 5.75 Å². The van der Waals surface area contributed by atoms with E-state index in [-0.39, 0.29) is 0 Å². The first-order chi connectivity index (χ1) is 10.2. The third-order valence-corrected chi connectivity index (χ3v) is 5.14. The van der Waals surface area contributed by atoms with Crippen molar-refractivity contribution in [3.63, 3.8) is 0 Å². The Morgan fingerprint density at radius 1 is 1.33 bits per heavy atom. The minimum Gasteiger partial charge on any atom is -0.497 e. The maximum atomic E-state index is 5.96. The second-order valence-electron chi connectivity index (χ2n) is 4.92. The van der Waals surface area contributed by atoms with Gasteiger partial charge in [-0.1, -0.05) is 0 Å². The highest BCUT2D eigenvalue weighted by Gasteiger charge is 2.39. The molecule has 110 valence electrons. The number of hydrogen-bond acceptors (Lipinski definition) is 3. The number of nitrogens with zero attached hydrogens (tertiary/aromatic N) is 1. The highest BCUT2D eigenvalue weighted by atomic mass is 79.9. The highest BCUT2D eigenvalue weighted by Crippen LogP contribution is 2.46. The summed E-state index contributed by atoms with van der Waals surface area (Å²) in [6, 6.07) is 12.1. The van der Waals surface area contributed by atoms with Crippen LogP contribution in [0.15, 0.2) is 45.2 Å². The summed E-state index contributed by atoms with van der Waals surface area (Å²) in [4.78, 5) is 5.91. The first kappa shape index (κ1) is 14.4. The van der Waals surface area contributed by atoms with Crippen molar-refractivity contribution >= 4 is 38.9 Å². The number of rotatable bonds is 4. The van der Waals surface area contributed by atoms with Crippen molar-refractivity contribution in [1.29, 1.82) is 0 Å². The zero-order valence-corrected chi connectivity index (χ0v) is 13.9. The number of methoxy groups -OCH3 is 1. The van der Waals surface area contributed by atoms with Crippen molar-refractivity contribution in [2.75, 3.05) is 12.4 Å². The van der Waals surface area contributed by atoms with E-state index in [0.717, 1.165) is 21.6 Å². The number of anilines is 1. The molecule has 0 saturated heterocycles. The van der Waals surface area contributed by atoms with Gasteiger partial charge >= 0.3 is 0 Å². The molecule has 3 rings (SSSR count). The summed E-state index contributed by atoms with van der Waals surface area (Å²) in [6.45, 7) is 0. The second-order valence-corrected chi connectivity index (χ2v) is 7.41. The van der Waals surface area contributed by atoms with Crippen molar-refractivity contribution in [2.24, 2.45) is 10.7 Å². The Morgan fingerprint density at radius 2 is 2.10 bits per heavy atom. The van der Waals surface area contributed by atoms with Crippen LogP contribution in [0.2, 0.25) is 0 Å². The lowest BCUT2D eigenvalue weighted by Crippen LogP contribution is -2.23. The molecule has 1 heterocycles. The van der Waals surface area contributed by atoms with Gasteiger partial charge in [0.15, 0.2) is 5.96 Å². The van der Waals surface area contributed by atoms with E-state index in [0.29, 0.717) is 17.9 Å². The van der Waals surface area contributed by atoms with Crippen LogP contribution < -0.4 is 15.8 Å². The zero-order chi connectivity index (χ0) is 14.8. The maximum Gasteiger partial charge on any atom is 0.193 e. The third kappa shape index (κ3) is 3.57. The molecule has 0 unspecified atom stereocenters. The molecule has 0 aliphatic heterocycles. The number of hydrogen-bond donors (Lipinski definition) is 2. The van der Waals surface area contributed by atoms with Crippen LogP contribution in [0.4, 0.5) is 5.69 Å². The van der Waals surface area contributed by atoms with Gasteiger partial charge in [0.05, 0.1) is 16.9 Å². The Hall–Kier alpha value is -1.53. The first-order valence-corrected chi connectivity index (χ1v) is 8.26. The largest absolute Gasteiger partial charge is 0.497 e. The number of nitrogens with one attached hydrogen (secondary N) is 1. The van der Waals surface area contributed by atoms with E-state index >= 15 is 0 Å². The van der Waals surface area contributed by atoms with E-state index in [1.54, 1.807) is 18.4 Å². The van der Waals surface area contributed by atoms with Crippen LogP contribution in [0, 0.1) is 0 Å². The summed E-state index contributed by atoms with van der Waals surface area (Å²) in [5, 5.41) is 3.11. The Kier molecular flexibility index (Phi) is 4.17. The quantitative estimate of drug-likeness (QED) is 0.639. The van der Waals surface area contributed by atoms with Crippen LogP contribution >= 0.6 is 27.3 Å². The van der Waals surface area contributed by atoms with Crippen LogP contribution in [-0.4, -0.2) is 19.1 Å². The summed E-state index contributed by atoms with van der Waals surface area (Å²) in [5.74, 6) is 1.79. The van der Waals surface area contributed by atoms with Crippen LogP contribution in [0.25, 0.3) is 0 Å². The molecule has 3 N–H and O–H groups in total. The Morgan fingerprint density at radius 3 is 2.71 bits per heavy atom. The molecule has 4 nitrogen and oxygen atoms in total. The van der Waals surface area contributed by atoms with Gasteiger partial charge in [0, 0.05) is 16.5 Å². The molecule has 1 aliphatic rings. The van der Waals surface area contributed by atoms with E-state index in [1.165, 1.54) is 4.88 Å². The van der Waals surface area contributed by atoms with Gasteiger partial charge in [0.25, 0.3) is 0 Å². The van der Waals surface area contributed by atoms with Crippen molar-refractivity contribution in [3.05, 3.63) is 45.1 Å². The first-order valence-electron chi connectivity index (χ1n) is 6.65. The number of benzene rings is 1. The van der Waals surface area contributed by atoms with Crippen LogP contribution in [0.1, 0.15) is 17.2 Å². The normalized spacial score (nSPS) is 21.1. The summed E-state index contributed by atoms with van der Waals surface area (Å²) in [5.41, 5.74) is 6.87. The summed E-state index contributed by atoms with van der Waals surface area (Å²) in [7, 11) is 1.65. The Balaban J connectivity index is 1.59. The van der Waals surface area contributed by atoms with Gasteiger partial charge in [-0.05, 0) is 58.7 Å². The molecular weight excluding hydrogens is 350 g/mol. The molecule has 1 aromatic carbocycles. The molecule has 1 saturated carbocycles. The monoisotopic (exact) mass is 365 g/mol. The Labute approximate surface area is 136 Å². The third-order valence-electron chi connectivity index (χ3n) is 3.38. The molecule has 21 heavy (non-hydrogen) atoms. The average molecular weight is 366 g/mol. The molecular formula is C15H16BrN3OS. The summed E-state index contributed by atoms with van der Waals surface area (Å²) < 4.78 is 6.29. The van der Waals surface area contributed by atoms with E-state index < -0.39 is 0 Å². The summed E-state index contributed by atoms with van der Waals surface area (Å²) >= 11 is 5.26. The smallest absolute Gasteiger partial charge is 0.193 e. The fourth-order valence-electron chi connectivity index (χ4n) is 2.19. The minimum absolute atomic E-state index is 0.293. The van der Waals surface area contributed by atoms with E-state index in [2.05, 4.69) is 38.4 Å². The van der Waals surface area contributed by atoms with Gasteiger partial charge in [-0.3, -0.25) is 0 Å². The molecule has 0 spiro atoms. The molecule has 1 aromatic heterocycles. The van der Waals surface area contributed by atoms with Crippen molar-refractivity contribution in [1.82, 2.24) is 0 Å². The minimum atomic E-state index is 0.293. The number of ether oxygens (including phenoxy) is 1. The zero-order valence-electron chi connectivity index (χ0n) is 11.5. The molecule has 1 aliphatic carbocycles. The van der Waals surface area contributed by atoms with Gasteiger partial charge < -0.3 is 15.8 Å². The van der Waals surface area contributed by atoms with Crippen LogP contribution in [0.3, 0.4) is 0 Å². The number of nitrogens with two attached hydrogens (primary N) is 1. The van der Waals surface area contributed by atoms with Crippen molar-refractivity contribution < 1.29 is 4.74 Å². The van der Waals surface area contributed by atoms with E-state index in [9.17, 15) is 0 Å². The van der Waals surface area contributed by atoms with Gasteiger partial charge in [-0.15, -0.1) is 11.3 Å². The fourth-order valence-corrected chi connectivity index (χ4v) is 3.79. The number of halogens is 1. The second kappa shape index (κ2) is 6.07. The molecule has 2 atom stereocenters. The predicted octanol–water partition coefficient (Wildman–Crippen LogP) is 3.80. The lowest BCUT2D eigenvalue weighted by molar-refractivity contribution is 0.415. The van der Waals surface area contributed by atoms with Crippen molar-refractivity contribution in [3.8, 4) is 5.75 Å². The number of thiophene rings is 1.